The molecule has 0 bridgehead atoms. The number of thiocarbonyl (C=S) groups is 1. The Hall–Kier alpha value is -3.91. The van der Waals surface area contributed by atoms with Gasteiger partial charge in [-0.2, -0.15) is 0 Å². The van der Waals surface area contributed by atoms with Crippen molar-refractivity contribution >= 4 is 40.0 Å². The lowest BCUT2D eigenvalue weighted by Gasteiger charge is -2.10. The minimum Gasteiger partial charge on any atom is -0.497 e. The highest BCUT2D eigenvalue weighted by Gasteiger charge is 2.11. The summed E-state index contributed by atoms with van der Waals surface area (Å²) in [5.74, 6) is 1.54. The van der Waals surface area contributed by atoms with Gasteiger partial charge in [0.2, 0.25) is 5.89 Å². The maximum Gasteiger partial charge on any atom is 0.257 e. The number of methoxy groups -OCH3 is 2. The Bertz CT molecular complexity index is 1250. The predicted octanol–water partition coefficient (Wildman–Crippen LogP) is 4.64. The van der Waals surface area contributed by atoms with Gasteiger partial charge < -0.3 is 19.2 Å². The van der Waals surface area contributed by atoms with Crippen molar-refractivity contribution in [2.75, 3.05) is 19.5 Å². The van der Waals surface area contributed by atoms with E-state index >= 15 is 0 Å². The van der Waals surface area contributed by atoms with Crippen LogP contribution in [0.5, 0.6) is 11.5 Å². The summed E-state index contributed by atoms with van der Waals surface area (Å²) in [4.78, 5) is 16.9. The van der Waals surface area contributed by atoms with E-state index in [1.807, 2.05) is 42.5 Å². The molecule has 3 aromatic carbocycles. The van der Waals surface area contributed by atoms with Gasteiger partial charge in [0.25, 0.3) is 5.91 Å². The van der Waals surface area contributed by atoms with Gasteiger partial charge in [-0.1, -0.05) is 6.07 Å². The summed E-state index contributed by atoms with van der Waals surface area (Å²) in [6.07, 6.45) is 0. The van der Waals surface area contributed by atoms with Crippen LogP contribution >= 0.6 is 12.2 Å². The summed E-state index contributed by atoms with van der Waals surface area (Å²) >= 11 is 5.28. The highest BCUT2D eigenvalue weighted by Crippen LogP contribution is 2.28. The molecule has 0 aliphatic rings. The van der Waals surface area contributed by atoms with Crippen molar-refractivity contribution in [1.29, 1.82) is 0 Å². The molecule has 0 fully saturated rings. The summed E-state index contributed by atoms with van der Waals surface area (Å²) in [7, 11) is 3.17. The normalized spacial score (nSPS) is 10.5. The number of benzene rings is 3. The van der Waals surface area contributed by atoms with Crippen molar-refractivity contribution in [2.24, 2.45) is 0 Å². The lowest BCUT2D eigenvalue weighted by molar-refractivity contribution is 0.0977. The van der Waals surface area contributed by atoms with Gasteiger partial charge in [0.1, 0.15) is 17.0 Å². The maximum absolute atomic E-state index is 12.4. The zero-order valence-corrected chi connectivity index (χ0v) is 17.7. The number of carbonyl (C=O) groups excluding carboxylic acids is 1. The number of carbonyl (C=O) groups is 1. The van der Waals surface area contributed by atoms with Crippen LogP contribution in [0, 0.1) is 0 Å². The molecule has 156 valence electrons. The van der Waals surface area contributed by atoms with Crippen LogP contribution in [0.15, 0.2) is 71.1 Å². The molecular formula is C23H19N3O4S. The molecule has 0 radical (unpaired) electrons. The minimum atomic E-state index is -0.316. The Morgan fingerprint density at radius 3 is 2.45 bits per heavy atom. The number of hydrogen-bond acceptors (Lipinski definition) is 6. The fraction of sp³-hybridized carbons (Fsp3) is 0.0870. The van der Waals surface area contributed by atoms with Crippen LogP contribution in [0.4, 0.5) is 5.69 Å². The molecule has 31 heavy (non-hydrogen) atoms. The van der Waals surface area contributed by atoms with Crippen molar-refractivity contribution in [3.8, 4) is 23.0 Å². The third-order valence-corrected chi connectivity index (χ3v) is 4.75. The third-order valence-electron chi connectivity index (χ3n) is 4.54. The average molecular weight is 433 g/mol. The molecule has 1 aromatic heterocycles. The zero-order valence-electron chi connectivity index (χ0n) is 16.8. The lowest BCUT2D eigenvalue weighted by atomic mass is 10.2. The number of oxazole rings is 1. The van der Waals surface area contributed by atoms with Crippen molar-refractivity contribution in [2.45, 2.75) is 0 Å². The first-order valence-electron chi connectivity index (χ1n) is 9.37. The van der Waals surface area contributed by atoms with Crippen molar-refractivity contribution in [3.05, 3.63) is 72.3 Å². The average Bonchev–Trinajstić information content (AvgIpc) is 3.22. The predicted molar refractivity (Wildman–Crippen MR) is 123 cm³/mol. The standard InChI is InChI=1S/C23H19N3O4S/c1-28-17-8-6-14(7-9-17)21(27)26-23(31)24-16-5-3-4-15(12-16)22-25-19-13-18(29-2)10-11-20(19)30-22/h3-13H,1-2H3,(H2,24,26,27,31). The summed E-state index contributed by atoms with van der Waals surface area (Å²) in [6, 6.07) is 19.6. The number of fused-ring (bicyclic) bond motifs is 1. The van der Waals surface area contributed by atoms with Gasteiger partial charge >= 0.3 is 0 Å². The zero-order chi connectivity index (χ0) is 21.8. The Balaban J connectivity index is 1.46. The fourth-order valence-electron chi connectivity index (χ4n) is 2.97. The van der Waals surface area contributed by atoms with E-state index in [0.29, 0.717) is 39.7 Å². The van der Waals surface area contributed by atoms with E-state index in [4.69, 9.17) is 26.1 Å². The van der Waals surface area contributed by atoms with Crippen molar-refractivity contribution in [3.63, 3.8) is 0 Å². The van der Waals surface area contributed by atoms with Crippen LogP contribution in [0.25, 0.3) is 22.6 Å². The quantitative estimate of drug-likeness (QED) is 0.444. The van der Waals surface area contributed by atoms with E-state index in [0.717, 1.165) is 5.56 Å². The SMILES string of the molecule is COc1ccc(C(=O)NC(=S)Nc2cccc(-c3nc4cc(OC)ccc4o3)c2)cc1. The molecule has 1 amide bonds. The first kappa shape index (κ1) is 20.4. The number of hydrogen-bond donors (Lipinski definition) is 2. The summed E-state index contributed by atoms with van der Waals surface area (Å²) in [5, 5.41) is 5.86. The number of nitrogens with zero attached hydrogens (tertiary/aromatic N) is 1. The molecule has 0 aliphatic heterocycles. The van der Waals surface area contributed by atoms with Gasteiger partial charge in [-0.15, -0.1) is 0 Å². The highest BCUT2D eigenvalue weighted by atomic mass is 32.1. The van der Waals surface area contributed by atoms with E-state index < -0.39 is 0 Å². The second-order valence-corrected chi connectivity index (χ2v) is 6.98. The van der Waals surface area contributed by atoms with Crippen LogP contribution in [-0.4, -0.2) is 30.2 Å². The molecule has 1 heterocycles. The Kier molecular flexibility index (Phi) is 5.81. The minimum absolute atomic E-state index is 0.181. The van der Waals surface area contributed by atoms with Crippen LogP contribution in [-0.2, 0) is 0 Å². The number of amides is 1. The monoisotopic (exact) mass is 433 g/mol. The van der Waals surface area contributed by atoms with Crippen molar-refractivity contribution < 1.29 is 18.7 Å². The van der Waals surface area contributed by atoms with E-state index in [1.54, 1.807) is 38.5 Å². The second kappa shape index (κ2) is 8.85. The van der Waals surface area contributed by atoms with E-state index in [9.17, 15) is 4.79 Å². The molecule has 7 nitrogen and oxygen atoms in total. The van der Waals surface area contributed by atoms with Crippen LogP contribution < -0.4 is 20.1 Å². The van der Waals surface area contributed by atoms with E-state index in [2.05, 4.69) is 15.6 Å². The number of aromatic nitrogens is 1. The molecule has 4 rings (SSSR count). The smallest absolute Gasteiger partial charge is 0.257 e. The Morgan fingerprint density at radius 2 is 1.71 bits per heavy atom. The van der Waals surface area contributed by atoms with Crippen LogP contribution in [0.1, 0.15) is 10.4 Å². The van der Waals surface area contributed by atoms with Crippen molar-refractivity contribution in [1.82, 2.24) is 10.3 Å². The largest absolute Gasteiger partial charge is 0.497 e. The van der Waals surface area contributed by atoms with Gasteiger partial charge in [-0.05, 0) is 66.8 Å². The number of ether oxygens (including phenoxy) is 2. The Labute approximate surface area is 184 Å². The first-order valence-corrected chi connectivity index (χ1v) is 9.78. The van der Waals surface area contributed by atoms with Crippen LogP contribution in [0.3, 0.4) is 0 Å². The summed E-state index contributed by atoms with van der Waals surface area (Å²) in [5.41, 5.74) is 3.30. The van der Waals surface area contributed by atoms with Crippen LogP contribution in [0.2, 0.25) is 0 Å². The number of nitrogens with one attached hydrogen (secondary N) is 2. The highest BCUT2D eigenvalue weighted by molar-refractivity contribution is 7.80. The molecule has 0 aliphatic carbocycles. The molecule has 8 heteroatoms. The van der Waals surface area contributed by atoms with Gasteiger partial charge in [-0.25, -0.2) is 4.98 Å². The molecule has 0 saturated heterocycles. The first-order chi connectivity index (χ1) is 15.1. The topological polar surface area (TPSA) is 85.6 Å². The lowest BCUT2D eigenvalue weighted by Crippen LogP contribution is -2.34. The molecular weight excluding hydrogens is 414 g/mol. The summed E-state index contributed by atoms with van der Waals surface area (Å²) < 4.78 is 16.2. The second-order valence-electron chi connectivity index (χ2n) is 6.57. The fourth-order valence-corrected chi connectivity index (χ4v) is 3.18. The molecule has 0 spiro atoms. The summed E-state index contributed by atoms with van der Waals surface area (Å²) in [6.45, 7) is 0. The van der Waals surface area contributed by atoms with Gasteiger partial charge in [0.05, 0.1) is 14.2 Å². The molecule has 0 saturated carbocycles. The van der Waals surface area contributed by atoms with Gasteiger partial charge in [0.15, 0.2) is 10.7 Å². The van der Waals surface area contributed by atoms with E-state index in [1.165, 1.54) is 0 Å². The van der Waals surface area contributed by atoms with Gasteiger partial charge in [-0.3, -0.25) is 10.1 Å². The maximum atomic E-state index is 12.4. The Morgan fingerprint density at radius 1 is 0.968 bits per heavy atom. The number of rotatable bonds is 5. The molecule has 0 atom stereocenters. The molecule has 0 unspecified atom stereocenters. The third kappa shape index (κ3) is 4.65. The van der Waals surface area contributed by atoms with E-state index in [-0.39, 0.29) is 11.0 Å². The molecule has 2 N–H and O–H groups in total. The van der Waals surface area contributed by atoms with Gasteiger partial charge in [0, 0.05) is 22.9 Å². The number of anilines is 1. The molecule has 4 aromatic rings.